The number of anilines is 1. The van der Waals surface area contributed by atoms with E-state index < -0.39 is 5.97 Å². The molecule has 1 saturated heterocycles. The van der Waals surface area contributed by atoms with Crippen molar-refractivity contribution in [2.45, 2.75) is 25.3 Å². The molecule has 26 heavy (non-hydrogen) atoms. The van der Waals surface area contributed by atoms with Gasteiger partial charge in [-0.05, 0) is 37.4 Å². The third kappa shape index (κ3) is 5.67. The first-order valence-corrected chi connectivity index (χ1v) is 8.95. The highest BCUT2D eigenvalue weighted by atomic mass is 16.4. The number of likely N-dealkylation sites (tertiary alicyclic amines) is 1. The molecular formula is C20H24N4O2. The van der Waals surface area contributed by atoms with E-state index in [4.69, 9.17) is 5.11 Å². The van der Waals surface area contributed by atoms with Crippen LogP contribution in [0.15, 0.2) is 48.8 Å². The minimum absolute atomic E-state index is 0.356. The molecule has 1 aliphatic rings. The first-order valence-electron chi connectivity index (χ1n) is 8.95. The molecule has 0 unspecified atom stereocenters. The van der Waals surface area contributed by atoms with E-state index in [9.17, 15) is 4.79 Å². The predicted octanol–water partition coefficient (Wildman–Crippen LogP) is 2.69. The Morgan fingerprint density at radius 1 is 1.27 bits per heavy atom. The molecule has 0 spiro atoms. The van der Waals surface area contributed by atoms with Crippen LogP contribution in [0.2, 0.25) is 0 Å². The smallest absolute Gasteiger partial charge is 0.328 e. The zero-order valence-corrected chi connectivity index (χ0v) is 14.7. The Labute approximate surface area is 153 Å². The molecule has 2 heterocycles. The van der Waals surface area contributed by atoms with E-state index in [0.29, 0.717) is 11.7 Å². The van der Waals surface area contributed by atoms with Crippen molar-refractivity contribution in [3.05, 3.63) is 60.1 Å². The molecule has 6 heteroatoms. The Balaban J connectivity index is 1.49. The molecule has 136 valence electrons. The summed E-state index contributed by atoms with van der Waals surface area (Å²) in [6.07, 6.45) is 9.08. The number of piperidine rings is 1. The van der Waals surface area contributed by atoms with Crippen molar-refractivity contribution in [1.82, 2.24) is 14.9 Å². The van der Waals surface area contributed by atoms with Gasteiger partial charge < -0.3 is 15.3 Å². The largest absolute Gasteiger partial charge is 0.478 e. The summed E-state index contributed by atoms with van der Waals surface area (Å²) in [6, 6.07) is 10.9. The molecule has 0 aliphatic carbocycles. The molecule has 1 aromatic heterocycles. The summed E-state index contributed by atoms with van der Waals surface area (Å²) < 4.78 is 0. The highest BCUT2D eigenvalue weighted by molar-refractivity contribution is 5.84. The fourth-order valence-corrected chi connectivity index (χ4v) is 3.17. The number of hydrogen-bond donors (Lipinski definition) is 2. The minimum Gasteiger partial charge on any atom is -0.478 e. The van der Waals surface area contributed by atoms with Crippen LogP contribution >= 0.6 is 0 Å². The van der Waals surface area contributed by atoms with Crippen LogP contribution < -0.4 is 5.32 Å². The lowest BCUT2D eigenvalue weighted by molar-refractivity contribution is -0.131. The fraction of sp³-hybridized carbons (Fsp3) is 0.350. The highest BCUT2D eigenvalue weighted by Crippen LogP contribution is 2.15. The summed E-state index contributed by atoms with van der Waals surface area (Å²) in [7, 11) is 0. The summed E-state index contributed by atoms with van der Waals surface area (Å²) >= 11 is 0. The maximum Gasteiger partial charge on any atom is 0.328 e. The van der Waals surface area contributed by atoms with Gasteiger partial charge >= 0.3 is 5.97 Å². The van der Waals surface area contributed by atoms with Crippen molar-refractivity contribution >= 4 is 17.9 Å². The SMILES string of the molecule is O=C(O)/C=C/c1cnc(N[C@@H]2CCCN(CCc3ccccc3)C2)cn1. The molecule has 0 saturated carbocycles. The van der Waals surface area contributed by atoms with Gasteiger partial charge in [-0.2, -0.15) is 0 Å². The van der Waals surface area contributed by atoms with Gasteiger partial charge in [0.2, 0.25) is 0 Å². The molecule has 0 amide bonds. The lowest BCUT2D eigenvalue weighted by Gasteiger charge is -2.33. The second-order valence-electron chi connectivity index (χ2n) is 6.52. The maximum atomic E-state index is 10.5. The number of hydrogen-bond acceptors (Lipinski definition) is 5. The number of nitrogens with one attached hydrogen (secondary N) is 1. The predicted molar refractivity (Wildman–Crippen MR) is 102 cm³/mol. The van der Waals surface area contributed by atoms with Gasteiger partial charge in [0, 0.05) is 25.2 Å². The number of aromatic nitrogens is 2. The summed E-state index contributed by atoms with van der Waals surface area (Å²) in [4.78, 5) is 21.6. The van der Waals surface area contributed by atoms with Gasteiger partial charge in [-0.15, -0.1) is 0 Å². The molecule has 2 aromatic rings. The minimum atomic E-state index is -0.994. The number of nitrogens with zero attached hydrogens (tertiary/aromatic N) is 3. The molecule has 1 atom stereocenters. The van der Waals surface area contributed by atoms with E-state index in [1.807, 2.05) is 6.07 Å². The van der Waals surface area contributed by atoms with Crippen LogP contribution in [0, 0.1) is 0 Å². The first kappa shape index (κ1) is 18.1. The normalized spacial score (nSPS) is 18.1. The van der Waals surface area contributed by atoms with Crippen LogP contribution in [-0.2, 0) is 11.2 Å². The number of carboxylic acid groups (broad SMARTS) is 1. The Bertz CT molecular complexity index is 731. The van der Waals surface area contributed by atoms with Crippen LogP contribution in [-0.4, -0.2) is 51.6 Å². The van der Waals surface area contributed by atoms with Gasteiger partial charge in [0.1, 0.15) is 5.82 Å². The van der Waals surface area contributed by atoms with E-state index in [2.05, 4.69) is 44.5 Å². The van der Waals surface area contributed by atoms with Crippen molar-refractivity contribution in [1.29, 1.82) is 0 Å². The molecule has 2 N–H and O–H groups in total. The van der Waals surface area contributed by atoms with Crippen molar-refractivity contribution in [2.75, 3.05) is 25.0 Å². The number of benzene rings is 1. The second-order valence-corrected chi connectivity index (χ2v) is 6.52. The number of aliphatic carboxylic acids is 1. The van der Waals surface area contributed by atoms with Crippen LogP contribution in [0.1, 0.15) is 24.1 Å². The third-order valence-corrected chi connectivity index (χ3v) is 4.49. The molecular weight excluding hydrogens is 328 g/mol. The molecule has 3 rings (SSSR count). The Kier molecular flexibility index (Phi) is 6.33. The van der Waals surface area contributed by atoms with E-state index in [1.54, 1.807) is 12.4 Å². The van der Waals surface area contributed by atoms with Gasteiger partial charge in [0.25, 0.3) is 0 Å². The highest BCUT2D eigenvalue weighted by Gasteiger charge is 2.19. The lowest BCUT2D eigenvalue weighted by atomic mass is 10.0. The van der Waals surface area contributed by atoms with Gasteiger partial charge in [-0.25, -0.2) is 9.78 Å². The summed E-state index contributed by atoms with van der Waals surface area (Å²) in [5, 5.41) is 12.1. The first-order chi connectivity index (χ1) is 12.7. The Morgan fingerprint density at radius 2 is 2.12 bits per heavy atom. The van der Waals surface area contributed by atoms with Crippen molar-refractivity contribution in [3.8, 4) is 0 Å². The Morgan fingerprint density at radius 3 is 2.85 bits per heavy atom. The van der Waals surface area contributed by atoms with Gasteiger partial charge in [-0.3, -0.25) is 4.98 Å². The monoisotopic (exact) mass is 352 g/mol. The summed E-state index contributed by atoms with van der Waals surface area (Å²) in [5.74, 6) is -0.265. The number of carboxylic acids is 1. The molecule has 0 bridgehead atoms. The van der Waals surface area contributed by atoms with Crippen molar-refractivity contribution in [3.63, 3.8) is 0 Å². The number of carbonyl (C=O) groups is 1. The molecule has 1 aromatic carbocycles. The zero-order valence-electron chi connectivity index (χ0n) is 14.7. The van der Waals surface area contributed by atoms with Gasteiger partial charge in [-0.1, -0.05) is 30.3 Å². The quantitative estimate of drug-likeness (QED) is 0.746. The van der Waals surface area contributed by atoms with E-state index in [1.165, 1.54) is 18.1 Å². The molecule has 6 nitrogen and oxygen atoms in total. The van der Waals surface area contributed by atoms with Crippen LogP contribution in [0.4, 0.5) is 5.82 Å². The van der Waals surface area contributed by atoms with E-state index in [-0.39, 0.29) is 0 Å². The average Bonchev–Trinajstić information content (AvgIpc) is 2.67. The fourth-order valence-electron chi connectivity index (χ4n) is 3.17. The summed E-state index contributed by atoms with van der Waals surface area (Å²) in [5.41, 5.74) is 1.91. The second kappa shape index (κ2) is 9.10. The Hall–Kier alpha value is -2.73. The van der Waals surface area contributed by atoms with Crippen LogP contribution in [0.3, 0.4) is 0 Å². The van der Waals surface area contributed by atoms with E-state index in [0.717, 1.165) is 44.4 Å². The van der Waals surface area contributed by atoms with E-state index >= 15 is 0 Å². The van der Waals surface area contributed by atoms with Crippen molar-refractivity contribution in [2.24, 2.45) is 0 Å². The lowest BCUT2D eigenvalue weighted by Crippen LogP contribution is -2.43. The van der Waals surface area contributed by atoms with Gasteiger partial charge in [0.05, 0.1) is 18.1 Å². The van der Waals surface area contributed by atoms with Crippen LogP contribution in [0.25, 0.3) is 6.08 Å². The number of rotatable bonds is 7. The standard InChI is InChI=1S/C20H24N4O2/c25-20(26)9-8-17-13-22-19(14-21-17)23-18-7-4-11-24(15-18)12-10-16-5-2-1-3-6-16/h1-3,5-6,8-9,13-14,18H,4,7,10-12,15H2,(H,22,23)(H,25,26)/b9-8+/t18-/m1/s1. The maximum absolute atomic E-state index is 10.5. The third-order valence-electron chi connectivity index (χ3n) is 4.49. The molecule has 1 aliphatic heterocycles. The topological polar surface area (TPSA) is 78.3 Å². The molecule has 1 fully saturated rings. The van der Waals surface area contributed by atoms with Crippen LogP contribution in [0.5, 0.6) is 0 Å². The zero-order chi connectivity index (χ0) is 18.2. The van der Waals surface area contributed by atoms with Gasteiger partial charge in [0.15, 0.2) is 0 Å². The van der Waals surface area contributed by atoms with Crippen molar-refractivity contribution < 1.29 is 9.90 Å². The molecule has 0 radical (unpaired) electrons. The summed E-state index contributed by atoms with van der Waals surface area (Å²) in [6.45, 7) is 3.19. The average molecular weight is 352 g/mol.